The van der Waals surface area contributed by atoms with Gasteiger partial charge in [-0.25, -0.2) is 4.39 Å². The number of aromatic nitrogens is 2. The highest BCUT2D eigenvalue weighted by atomic mass is 35.5. The molecular weight excluding hydrogens is 497 g/mol. The van der Waals surface area contributed by atoms with Crippen LogP contribution in [0.4, 0.5) is 21.6 Å². The number of rotatable bonds is 7. The Balaban J connectivity index is 1.65. The highest BCUT2D eigenvalue weighted by molar-refractivity contribution is 6.34. The zero-order valence-corrected chi connectivity index (χ0v) is 21.2. The third-order valence-corrected chi connectivity index (χ3v) is 7.16. The Labute approximate surface area is 223 Å². The number of amides is 2. The van der Waals surface area contributed by atoms with Gasteiger partial charge in [-0.05, 0) is 56.4 Å². The van der Waals surface area contributed by atoms with Crippen LogP contribution in [0, 0.1) is 17.7 Å². The summed E-state index contributed by atoms with van der Waals surface area (Å²) in [6, 6.07) is 10.3. The molecule has 2 amide bonds. The number of piperidine rings is 1. The molecule has 10 heteroatoms. The first-order chi connectivity index (χ1) is 18.9. The molecule has 5 rings (SSSR count). The summed E-state index contributed by atoms with van der Waals surface area (Å²) in [7, 11) is 0. The Hall–Kier alpha value is -3.43. The molecule has 2 atom stereocenters. The average Bonchev–Trinajstić information content (AvgIpc) is 3.27. The lowest BCUT2D eigenvalue weighted by atomic mass is 10.1. The van der Waals surface area contributed by atoms with E-state index >= 15 is 0 Å². The van der Waals surface area contributed by atoms with Gasteiger partial charge < -0.3 is 20.2 Å². The molecular formula is C27H29ClFN5O3. The second-order valence-electron chi connectivity index (χ2n) is 9.76. The minimum Gasteiger partial charge on any atom is -0.387 e. The minimum absolute atomic E-state index is 0.0963. The third-order valence-electron chi connectivity index (χ3n) is 6.85. The minimum atomic E-state index is -2.94. The molecule has 0 spiro atoms. The molecule has 2 aromatic carbocycles. The number of carbonyl (C=O) groups is 2. The average molecular weight is 529 g/mol. The van der Waals surface area contributed by atoms with Crippen LogP contribution in [0.1, 0.15) is 40.8 Å². The van der Waals surface area contributed by atoms with Crippen LogP contribution in [0.5, 0.6) is 0 Å². The van der Waals surface area contributed by atoms with E-state index in [9.17, 15) is 14.0 Å². The quantitative estimate of drug-likeness (QED) is 0.468. The normalized spacial score (nSPS) is 19.7. The number of aliphatic hydroxyl groups is 1. The van der Waals surface area contributed by atoms with Crippen molar-refractivity contribution in [2.75, 3.05) is 41.8 Å². The van der Waals surface area contributed by atoms with Crippen LogP contribution in [0.3, 0.4) is 0 Å². The summed E-state index contributed by atoms with van der Waals surface area (Å²) in [5.74, 6) is -1.34. The number of halogens is 2. The molecule has 2 N–H and O–H groups in total. The zero-order valence-electron chi connectivity index (χ0n) is 23.4. The number of nitrogens with one attached hydrogen (secondary N) is 1. The van der Waals surface area contributed by atoms with Crippen molar-refractivity contribution in [3.05, 3.63) is 58.9 Å². The number of anilines is 3. The maximum Gasteiger partial charge on any atom is 0.262 e. The maximum absolute atomic E-state index is 14.8. The van der Waals surface area contributed by atoms with E-state index in [2.05, 4.69) is 15.3 Å². The lowest BCUT2D eigenvalue weighted by molar-refractivity contribution is -0.118. The SMILES string of the molecule is [2H]C([2H])([2H])N(C(=O)c1c(F)cccc1Cl)c1ccc(-c2cc(NC(=O)CO)nn2C(C)C)cc1N1CC2CC2C1. The molecule has 194 valence electrons. The summed E-state index contributed by atoms with van der Waals surface area (Å²) >= 11 is 6.16. The van der Waals surface area contributed by atoms with Gasteiger partial charge in [-0.15, -0.1) is 0 Å². The predicted octanol–water partition coefficient (Wildman–Crippen LogP) is 4.59. The third kappa shape index (κ3) is 4.81. The monoisotopic (exact) mass is 528 g/mol. The molecule has 2 fully saturated rings. The second kappa shape index (κ2) is 9.79. The van der Waals surface area contributed by atoms with E-state index in [1.54, 1.807) is 22.9 Å². The van der Waals surface area contributed by atoms with Crippen molar-refractivity contribution in [2.45, 2.75) is 26.3 Å². The molecule has 1 saturated carbocycles. The first kappa shape index (κ1) is 21.6. The largest absolute Gasteiger partial charge is 0.387 e. The van der Waals surface area contributed by atoms with Gasteiger partial charge in [0.1, 0.15) is 12.4 Å². The molecule has 2 unspecified atom stereocenters. The number of carbonyl (C=O) groups excluding carboxylic acids is 2. The number of hydrogen-bond donors (Lipinski definition) is 2. The summed E-state index contributed by atoms with van der Waals surface area (Å²) in [5, 5.41) is 15.9. The van der Waals surface area contributed by atoms with Gasteiger partial charge >= 0.3 is 0 Å². The van der Waals surface area contributed by atoms with E-state index in [-0.39, 0.29) is 22.6 Å². The van der Waals surface area contributed by atoms with Gasteiger partial charge in [0.25, 0.3) is 11.8 Å². The highest BCUT2D eigenvalue weighted by Crippen LogP contribution is 2.48. The fourth-order valence-electron chi connectivity index (χ4n) is 4.89. The highest BCUT2D eigenvalue weighted by Gasteiger charge is 2.45. The molecule has 3 aromatic rings. The molecule has 1 aromatic heterocycles. The number of nitrogens with zero attached hydrogens (tertiary/aromatic N) is 4. The lowest BCUT2D eigenvalue weighted by Gasteiger charge is -2.29. The second-order valence-corrected chi connectivity index (χ2v) is 10.2. The van der Waals surface area contributed by atoms with Gasteiger partial charge in [0.05, 0.1) is 27.7 Å². The van der Waals surface area contributed by atoms with Crippen molar-refractivity contribution < 1.29 is 23.2 Å². The van der Waals surface area contributed by atoms with Crippen LogP contribution in [-0.2, 0) is 4.79 Å². The number of aliphatic hydroxyl groups excluding tert-OH is 1. The molecule has 1 aliphatic heterocycles. The van der Waals surface area contributed by atoms with E-state index in [0.717, 1.165) is 12.5 Å². The van der Waals surface area contributed by atoms with E-state index < -0.39 is 36.8 Å². The lowest BCUT2D eigenvalue weighted by Crippen LogP contribution is -2.31. The van der Waals surface area contributed by atoms with Gasteiger partial charge in [0.2, 0.25) is 0 Å². The van der Waals surface area contributed by atoms with Crippen LogP contribution >= 0.6 is 11.6 Å². The van der Waals surface area contributed by atoms with Crippen molar-refractivity contribution in [1.82, 2.24) is 9.78 Å². The zero-order chi connectivity index (χ0) is 28.9. The molecule has 37 heavy (non-hydrogen) atoms. The van der Waals surface area contributed by atoms with Gasteiger partial charge in [0, 0.05) is 41.8 Å². The van der Waals surface area contributed by atoms with Crippen molar-refractivity contribution in [3.8, 4) is 11.3 Å². The van der Waals surface area contributed by atoms with Crippen molar-refractivity contribution in [3.63, 3.8) is 0 Å². The van der Waals surface area contributed by atoms with Crippen LogP contribution in [0.2, 0.25) is 5.02 Å². The maximum atomic E-state index is 14.8. The smallest absolute Gasteiger partial charge is 0.262 e. The summed E-state index contributed by atoms with van der Waals surface area (Å²) in [6.45, 7) is 1.61. The molecule has 0 radical (unpaired) electrons. The molecule has 2 heterocycles. The molecule has 1 saturated heterocycles. The summed E-state index contributed by atoms with van der Waals surface area (Å²) < 4.78 is 41.2. The Kier molecular flexibility index (Phi) is 5.73. The molecule has 0 bridgehead atoms. The van der Waals surface area contributed by atoms with Gasteiger partial charge in [-0.1, -0.05) is 23.7 Å². The summed E-state index contributed by atoms with van der Waals surface area (Å²) in [6.07, 6.45) is 1.10. The van der Waals surface area contributed by atoms with Gasteiger partial charge in [0.15, 0.2) is 5.82 Å². The predicted molar refractivity (Wildman–Crippen MR) is 142 cm³/mol. The Morgan fingerprint density at radius 3 is 2.68 bits per heavy atom. The number of hydrogen-bond acceptors (Lipinski definition) is 5. The van der Waals surface area contributed by atoms with E-state index in [4.69, 9.17) is 20.8 Å². The number of fused-ring (bicyclic) bond motifs is 1. The Bertz CT molecular complexity index is 1450. The van der Waals surface area contributed by atoms with Crippen LogP contribution in [0.25, 0.3) is 11.3 Å². The topological polar surface area (TPSA) is 90.7 Å². The van der Waals surface area contributed by atoms with Crippen molar-refractivity contribution in [1.29, 1.82) is 0 Å². The first-order valence-corrected chi connectivity index (χ1v) is 12.4. The summed E-state index contributed by atoms with van der Waals surface area (Å²) in [5.41, 5.74) is 1.43. The number of benzene rings is 2. The fraction of sp³-hybridized carbons (Fsp3) is 0.370. The van der Waals surface area contributed by atoms with E-state index in [0.29, 0.717) is 46.8 Å². The van der Waals surface area contributed by atoms with Gasteiger partial charge in [-0.3, -0.25) is 14.3 Å². The fourth-order valence-corrected chi connectivity index (χ4v) is 5.13. The van der Waals surface area contributed by atoms with Crippen LogP contribution < -0.4 is 15.1 Å². The van der Waals surface area contributed by atoms with Crippen LogP contribution in [-0.4, -0.2) is 53.4 Å². The first-order valence-electron chi connectivity index (χ1n) is 13.6. The summed E-state index contributed by atoms with van der Waals surface area (Å²) in [4.78, 5) is 28.1. The standard InChI is InChI=1S/C27H29ClFN5O3/c1-15(2)34-22(11-24(31-34)30-25(36)14-35)16-7-8-21(23(10-16)33-12-17-9-18(17)13-33)32(3)27(37)26-19(28)5-4-6-20(26)29/h4-8,10-11,15,17-18,35H,9,12-14H2,1-3H3,(H,30,31,36)/i3D3. The van der Waals surface area contributed by atoms with Gasteiger partial charge in [-0.2, -0.15) is 5.10 Å². The van der Waals surface area contributed by atoms with Crippen molar-refractivity contribution in [2.24, 2.45) is 11.8 Å². The Morgan fingerprint density at radius 1 is 1.27 bits per heavy atom. The van der Waals surface area contributed by atoms with E-state index in [1.165, 1.54) is 18.2 Å². The van der Waals surface area contributed by atoms with Crippen molar-refractivity contribution >= 4 is 40.6 Å². The van der Waals surface area contributed by atoms with Crippen LogP contribution in [0.15, 0.2) is 42.5 Å². The molecule has 8 nitrogen and oxygen atoms in total. The van der Waals surface area contributed by atoms with E-state index in [1.807, 2.05) is 13.8 Å². The molecule has 2 aliphatic rings. The Morgan fingerprint density at radius 2 is 2.03 bits per heavy atom. The molecule has 1 aliphatic carbocycles.